The number of pyridine rings is 1. The summed E-state index contributed by atoms with van der Waals surface area (Å²) in [6, 6.07) is 0.853. The lowest BCUT2D eigenvalue weighted by Gasteiger charge is -2.12. The fourth-order valence-electron chi connectivity index (χ4n) is 1.39. The van der Waals surface area contributed by atoms with Crippen LogP contribution in [0.3, 0.4) is 0 Å². The van der Waals surface area contributed by atoms with Crippen LogP contribution in [-0.4, -0.2) is 29.6 Å². The van der Waals surface area contributed by atoms with Crippen molar-refractivity contribution in [2.75, 3.05) is 30.0 Å². The van der Waals surface area contributed by atoms with Crippen molar-refractivity contribution < 1.29 is 8.78 Å². The fraction of sp³-hybridized carbons (Fsp3) is 0.583. The van der Waals surface area contributed by atoms with E-state index in [1.54, 1.807) is 11.8 Å². The molecule has 0 saturated heterocycles. The summed E-state index contributed by atoms with van der Waals surface area (Å²) in [6.07, 6.45) is 2.93. The Morgan fingerprint density at radius 1 is 1.28 bits per heavy atom. The first-order valence-electron chi connectivity index (χ1n) is 5.95. The van der Waals surface area contributed by atoms with E-state index in [9.17, 15) is 8.78 Å². The van der Waals surface area contributed by atoms with Gasteiger partial charge in [0.2, 0.25) is 0 Å². The number of hydrogen-bond donors (Lipinski definition) is 2. The van der Waals surface area contributed by atoms with E-state index < -0.39 is 11.6 Å². The molecule has 0 aromatic carbocycles. The van der Waals surface area contributed by atoms with E-state index in [0.717, 1.165) is 12.5 Å². The van der Waals surface area contributed by atoms with Gasteiger partial charge in [0.15, 0.2) is 23.3 Å². The maximum absolute atomic E-state index is 13.5. The van der Waals surface area contributed by atoms with Gasteiger partial charge in [-0.15, -0.1) is 0 Å². The molecule has 1 atom stereocenters. The van der Waals surface area contributed by atoms with Crippen LogP contribution in [0.2, 0.25) is 0 Å². The Balaban J connectivity index is 2.67. The van der Waals surface area contributed by atoms with Crippen molar-refractivity contribution in [2.45, 2.75) is 25.5 Å². The summed E-state index contributed by atoms with van der Waals surface area (Å²) in [7, 11) is 0. The lowest BCUT2D eigenvalue weighted by atomic mass is 10.3. The van der Waals surface area contributed by atoms with Crippen LogP contribution in [-0.2, 0) is 0 Å². The molecule has 1 unspecified atom stereocenters. The first-order chi connectivity index (χ1) is 8.58. The number of nitrogens with one attached hydrogen (secondary N) is 2. The predicted molar refractivity (Wildman–Crippen MR) is 74.4 cm³/mol. The van der Waals surface area contributed by atoms with Crippen molar-refractivity contribution in [3.05, 3.63) is 17.7 Å². The molecule has 0 saturated carbocycles. The number of aromatic nitrogens is 1. The van der Waals surface area contributed by atoms with Crippen molar-refractivity contribution in [1.29, 1.82) is 0 Å². The smallest absolute Gasteiger partial charge is 0.168 e. The van der Waals surface area contributed by atoms with Gasteiger partial charge in [-0.05, 0) is 19.6 Å². The number of thioether (sulfide) groups is 1. The van der Waals surface area contributed by atoms with Gasteiger partial charge in [-0.25, -0.2) is 13.8 Å². The zero-order valence-electron chi connectivity index (χ0n) is 10.9. The van der Waals surface area contributed by atoms with Crippen LogP contribution in [0.4, 0.5) is 20.4 Å². The normalized spacial score (nSPS) is 12.3. The Morgan fingerprint density at radius 3 is 2.44 bits per heavy atom. The highest BCUT2D eigenvalue weighted by atomic mass is 32.2. The quantitative estimate of drug-likeness (QED) is 0.800. The SMILES string of the molecule is CCNc1nc(NCCC(C)SC)c(F)cc1F. The standard InChI is InChI=1S/C12H19F2N3S/c1-4-15-11-9(13)7-10(14)12(17-11)16-6-5-8(2)18-3/h7-8H,4-6H2,1-3H3,(H2,15,16,17). The minimum Gasteiger partial charge on any atom is -0.368 e. The molecule has 1 rings (SSSR count). The van der Waals surface area contributed by atoms with E-state index in [4.69, 9.17) is 0 Å². The van der Waals surface area contributed by atoms with E-state index >= 15 is 0 Å². The fourth-order valence-corrected chi connectivity index (χ4v) is 1.75. The third-order valence-electron chi connectivity index (χ3n) is 2.52. The van der Waals surface area contributed by atoms with Crippen LogP contribution in [0.1, 0.15) is 20.3 Å². The number of rotatable bonds is 7. The molecule has 2 N–H and O–H groups in total. The Hall–Kier alpha value is -1.04. The predicted octanol–water partition coefficient (Wildman–Crippen LogP) is 3.35. The second kappa shape index (κ2) is 7.41. The summed E-state index contributed by atoms with van der Waals surface area (Å²) in [5, 5.41) is 6.15. The van der Waals surface area contributed by atoms with Gasteiger partial charge in [-0.3, -0.25) is 0 Å². The lowest BCUT2D eigenvalue weighted by molar-refractivity contribution is 0.578. The number of nitrogens with zero attached hydrogens (tertiary/aromatic N) is 1. The molecule has 102 valence electrons. The Labute approximate surface area is 111 Å². The summed E-state index contributed by atoms with van der Waals surface area (Å²) in [4.78, 5) is 3.91. The van der Waals surface area contributed by atoms with Crippen molar-refractivity contribution in [1.82, 2.24) is 4.98 Å². The summed E-state index contributed by atoms with van der Waals surface area (Å²) >= 11 is 1.75. The van der Waals surface area contributed by atoms with Crippen molar-refractivity contribution in [3.63, 3.8) is 0 Å². The Morgan fingerprint density at radius 2 is 1.89 bits per heavy atom. The van der Waals surface area contributed by atoms with Crippen LogP contribution >= 0.6 is 11.8 Å². The van der Waals surface area contributed by atoms with Gasteiger partial charge in [-0.1, -0.05) is 6.92 Å². The third-order valence-corrected chi connectivity index (χ3v) is 3.56. The van der Waals surface area contributed by atoms with Crippen LogP contribution < -0.4 is 10.6 Å². The van der Waals surface area contributed by atoms with E-state index in [1.165, 1.54) is 0 Å². The van der Waals surface area contributed by atoms with Crippen molar-refractivity contribution in [3.8, 4) is 0 Å². The summed E-state index contributed by atoms with van der Waals surface area (Å²) in [5.74, 6) is -1.15. The van der Waals surface area contributed by atoms with Crippen LogP contribution in [0.25, 0.3) is 0 Å². The first kappa shape index (κ1) is 15.0. The molecule has 3 nitrogen and oxygen atoms in total. The van der Waals surface area contributed by atoms with Gasteiger partial charge >= 0.3 is 0 Å². The first-order valence-corrected chi connectivity index (χ1v) is 7.23. The van der Waals surface area contributed by atoms with E-state index in [1.807, 2.05) is 13.2 Å². The zero-order valence-corrected chi connectivity index (χ0v) is 11.7. The van der Waals surface area contributed by atoms with E-state index in [2.05, 4.69) is 22.5 Å². The molecule has 1 aromatic rings. The molecule has 0 aliphatic carbocycles. The largest absolute Gasteiger partial charge is 0.368 e. The summed E-state index contributed by atoms with van der Waals surface area (Å²) in [6.45, 7) is 5.09. The Kier molecular flexibility index (Phi) is 6.18. The summed E-state index contributed by atoms with van der Waals surface area (Å²) in [5.41, 5.74) is 0. The van der Waals surface area contributed by atoms with Crippen LogP contribution in [0.15, 0.2) is 6.07 Å². The van der Waals surface area contributed by atoms with Crippen LogP contribution in [0.5, 0.6) is 0 Å². The summed E-state index contributed by atoms with van der Waals surface area (Å²) < 4.78 is 26.8. The molecule has 0 amide bonds. The van der Waals surface area contributed by atoms with Crippen LogP contribution in [0, 0.1) is 11.6 Å². The monoisotopic (exact) mass is 275 g/mol. The molecule has 0 radical (unpaired) electrons. The molecule has 0 aliphatic heterocycles. The average Bonchev–Trinajstić information content (AvgIpc) is 2.34. The highest BCUT2D eigenvalue weighted by Gasteiger charge is 2.11. The Bertz CT molecular complexity index is 388. The third kappa shape index (κ3) is 4.33. The molecular formula is C12H19F2N3S. The molecule has 18 heavy (non-hydrogen) atoms. The van der Waals surface area contributed by atoms with Gasteiger partial charge in [0, 0.05) is 24.4 Å². The minimum absolute atomic E-state index is 0.0827. The van der Waals surface area contributed by atoms with Gasteiger partial charge in [0.25, 0.3) is 0 Å². The van der Waals surface area contributed by atoms with Gasteiger partial charge in [-0.2, -0.15) is 11.8 Å². The van der Waals surface area contributed by atoms with E-state index in [0.29, 0.717) is 18.3 Å². The lowest BCUT2D eigenvalue weighted by Crippen LogP contribution is -2.12. The minimum atomic E-state index is -0.669. The van der Waals surface area contributed by atoms with Crippen molar-refractivity contribution >= 4 is 23.4 Å². The number of anilines is 2. The second-order valence-electron chi connectivity index (χ2n) is 3.94. The molecule has 1 aromatic heterocycles. The van der Waals surface area contributed by atoms with E-state index in [-0.39, 0.29) is 11.6 Å². The second-order valence-corrected chi connectivity index (χ2v) is 5.22. The highest BCUT2D eigenvalue weighted by molar-refractivity contribution is 7.99. The maximum Gasteiger partial charge on any atom is 0.168 e. The number of hydrogen-bond acceptors (Lipinski definition) is 4. The van der Waals surface area contributed by atoms with Gasteiger partial charge in [0.05, 0.1) is 0 Å². The molecule has 1 heterocycles. The topological polar surface area (TPSA) is 37.0 Å². The zero-order chi connectivity index (χ0) is 13.5. The molecule has 0 spiro atoms. The highest BCUT2D eigenvalue weighted by Crippen LogP contribution is 2.19. The van der Waals surface area contributed by atoms with Gasteiger partial charge < -0.3 is 10.6 Å². The number of halogens is 2. The maximum atomic E-state index is 13.5. The molecule has 6 heteroatoms. The van der Waals surface area contributed by atoms with Crippen molar-refractivity contribution in [2.24, 2.45) is 0 Å². The van der Waals surface area contributed by atoms with Gasteiger partial charge in [0.1, 0.15) is 0 Å². The molecule has 0 bridgehead atoms. The molecule has 0 fully saturated rings. The molecular weight excluding hydrogens is 256 g/mol. The average molecular weight is 275 g/mol. The molecule has 0 aliphatic rings.